The SMILES string of the molecule is COc1ccc(C(=O)c2c(C=NO)[nH]c(-c3nnn(CCOC(C)=O)n3)c2C)cc1Br. The highest BCUT2D eigenvalue weighted by atomic mass is 79.9. The minimum absolute atomic E-state index is 0.105. The Kier molecular flexibility index (Phi) is 6.80. The third kappa shape index (κ3) is 4.79. The topological polar surface area (TPSA) is 145 Å². The first-order valence-electron chi connectivity index (χ1n) is 9.05. The van der Waals surface area contributed by atoms with Crippen LogP contribution in [0.3, 0.4) is 0 Å². The predicted molar refractivity (Wildman–Crippen MR) is 112 cm³/mol. The highest BCUT2D eigenvalue weighted by Crippen LogP contribution is 2.30. The van der Waals surface area contributed by atoms with Crippen LogP contribution in [-0.4, -0.2) is 62.1 Å². The van der Waals surface area contributed by atoms with Crippen molar-refractivity contribution in [3.63, 3.8) is 0 Å². The number of benzene rings is 1. The molecule has 0 unspecified atom stereocenters. The van der Waals surface area contributed by atoms with Crippen LogP contribution in [0.25, 0.3) is 11.5 Å². The number of oxime groups is 1. The summed E-state index contributed by atoms with van der Waals surface area (Å²) in [7, 11) is 1.53. The first kappa shape index (κ1) is 22.2. The van der Waals surface area contributed by atoms with Crippen LogP contribution in [0.15, 0.2) is 27.8 Å². The fourth-order valence-electron chi connectivity index (χ4n) is 2.95. The molecule has 0 bridgehead atoms. The Hall–Kier alpha value is -3.54. The molecular formula is C19H19BrN6O5. The number of nitrogens with one attached hydrogen (secondary N) is 1. The lowest BCUT2D eigenvalue weighted by atomic mass is 9.99. The quantitative estimate of drug-likeness (QED) is 0.161. The van der Waals surface area contributed by atoms with Crippen LogP contribution < -0.4 is 4.74 Å². The Morgan fingerprint density at radius 2 is 2.16 bits per heavy atom. The number of rotatable bonds is 8. The molecule has 12 heteroatoms. The van der Waals surface area contributed by atoms with E-state index in [9.17, 15) is 9.59 Å². The number of ketones is 1. The molecule has 0 saturated carbocycles. The zero-order valence-corrected chi connectivity index (χ0v) is 18.5. The number of carbonyl (C=O) groups excluding carboxylic acids is 2. The van der Waals surface area contributed by atoms with Crippen LogP contribution >= 0.6 is 15.9 Å². The third-order valence-corrected chi connectivity index (χ3v) is 5.00. The molecule has 0 aliphatic rings. The number of hydrogen-bond donors (Lipinski definition) is 2. The maximum absolute atomic E-state index is 13.2. The van der Waals surface area contributed by atoms with Gasteiger partial charge in [-0.05, 0) is 51.8 Å². The second-order valence-corrected chi connectivity index (χ2v) is 7.24. The van der Waals surface area contributed by atoms with Crippen LogP contribution in [0.5, 0.6) is 5.75 Å². The fraction of sp³-hybridized carbons (Fsp3) is 0.263. The van der Waals surface area contributed by atoms with Crippen molar-refractivity contribution in [2.75, 3.05) is 13.7 Å². The number of esters is 1. The molecule has 2 heterocycles. The van der Waals surface area contributed by atoms with Gasteiger partial charge in [-0.1, -0.05) is 5.16 Å². The Morgan fingerprint density at radius 1 is 1.39 bits per heavy atom. The summed E-state index contributed by atoms with van der Waals surface area (Å²) in [5, 5.41) is 24.3. The second-order valence-electron chi connectivity index (χ2n) is 6.39. The highest BCUT2D eigenvalue weighted by Gasteiger charge is 2.24. The van der Waals surface area contributed by atoms with Gasteiger partial charge in [-0.15, -0.1) is 10.2 Å². The van der Waals surface area contributed by atoms with Crippen LogP contribution in [0.2, 0.25) is 0 Å². The van der Waals surface area contributed by atoms with E-state index in [-0.39, 0.29) is 24.8 Å². The Morgan fingerprint density at radius 3 is 2.81 bits per heavy atom. The average Bonchev–Trinajstić information content (AvgIpc) is 3.32. The Labute approximate surface area is 185 Å². The number of hydrogen-bond acceptors (Lipinski definition) is 9. The number of aromatic nitrogens is 5. The molecular weight excluding hydrogens is 472 g/mol. The van der Waals surface area contributed by atoms with E-state index in [1.54, 1.807) is 25.1 Å². The van der Waals surface area contributed by atoms with Crippen molar-refractivity contribution in [2.24, 2.45) is 5.16 Å². The number of methoxy groups -OCH3 is 1. The molecule has 2 aromatic heterocycles. The van der Waals surface area contributed by atoms with Crippen LogP contribution in [0.4, 0.5) is 0 Å². The lowest BCUT2D eigenvalue weighted by molar-refractivity contribution is -0.141. The van der Waals surface area contributed by atoms with Gasteiger partial charge in [-0.2, -0.15) is 4.80 Å². The van der Waals surface area contributed by atoms with E-state index in [0.29, 0.717) is 38.3 Å². The molecule has 0 atom stereocenters. The van der Waals surface area contributed by atoms with E-state index in [2.05, 4.69) is 41.5 Å². The number of halogens is 1. The molecule has 162 valence electrons. The zero-order valence-electron chi connectivity index (χ0n) is 16.9. The van der Waals surface area contributed by atoms with Crippen LogP contribution in [-0.2, 0) is 16.1 Å². The third-order valence-electron chi connectivity index (χ3n) is 4.38. The summed E-state index contributed by atoms with van der Waals surface area (Å²) in [6.45, 7) is 3.37. The molecule has 0 radical (unpaired) electrons. The lowest BCUT2D eigenvalue weighted by Gasteiger charge is -2.06. The van der Waals surface area contributed by atoms with Gasteiger partial charge in [0.05, 0.1) is 41.3 Å². The van der Waals surface area contributed by atoms with Gasteiger partial charge in [-0.25, -0.2) is 0 Å². The summed E-state index contributed by atoms with van der Waals surface area (Å²) in [5.41, 5.74) is 2.02. The van der Waals surface area contributed by atoms with E-state index in [1.807, 2.05) is 0 Å². The molecule has 31 heavy (non-hydrogen) atoms. The molecule has 11 nitrogen and oxygen atoms in total. The smallest absolute Gasteiger partial charge is 0.302 e. The summed E-state index contributed by atoms with van der Waals surface area (Å²) in [6, 6.07) is 4.97. The Bertz CT molecular complexity index is 1150. The molecule has 2 N–H and O–H groups in total. The number of carbonyl (C=O) groups is 2. The molecule has 0 spiro atoms. The van der Waals surface area contributed by atoms with Crippen molar-refractivity contribution in [2.45, 2.75) is 20.4 Å². The number of H-pyrrole nitrogens is 1. The Balaban J connectivity index is 1.96. The van der Waals surface area contributed by atoms with Crippen molar-refractivity contribution in [1.29, 1.82) is 0 Å². The van der Waals surface area contributed by atoms with Crippen LogP contribution in [0.1, 0.15) is 34.1 Å². The molecule has 1 aromatic carbocycles. The normalized spacial score (nSPS) is 11.1. The maximum Gasteiger partial charge on any atom is 0.302 e. The van der Waals surface area contributed by atoms with Gasteiger partial charge < -0.3 is 19.7 Å². The van der Waals surface area contributed by atoms with Gasteiger partial charge in [0.2, 0.25) is 5.82 Å². The largest absolute Gasteiger partial charge is 0.496 e. The summed E-state index contributed by atoms with van der Waals surface area (Å²) >= 11 is 3.38. The lowest BCUT2D eigenvalue weighted by Crippen LogP contribution is -2.11. The maximum atomic E-state index is 13.2. The standard InChI is InChI=1S/C19H19BrN6O5/c1-10-16(18(28)12-4-5-15(30-3)13(20)8-12)14(9-21-29)22-17(10)19-23-25-26(24-19)6-7-31-11(2)27/h4-5,8-9,22,29H,6-7H2,1-3H3. The second kappa shape index (κ2) is 9.51. The van der Waals surface area contributed by atoms with Gasteiger partial charge in [0.1, 0.15) is 12.4 Å². The zero-order chi connectivity index (χ0) is 22.5. The molecule has 0 amide bonds. The first-order valence-corrected chi connectivity index (χ1v) is 9.84. The van der Waals surface area contributed by atoms with Crippen LogP contribution in [0, 0.1) is 6.92 Å². The van der Waals surface area contributed by atoms with Crippen molar-refractivity contribution >= 4 is 33.9 Å². The summed E-state index contributed by atoms with van der Waals surface area (Å²) < 4.78 is 10.7. The monoisotopic (exact) mass is 490 g/mol. The fourth-order valence-corrected chi connectivity index (χ4v) is 3.49. The number of aromatic amines is 1. The van der Waals surface area contributed by atoms with Crippen molar-refractivity contribution < 1.29 is 24.3 Å². The predicted octanol–water partition coefficient (Wildman–Crippen LogP) is 2.35. The van der Waals surface area contributed by atoms with Gasteiger partial charge in [0.15, 0.2) is 5.78 Å². The van der Waals surface area contributed by atoms with Crippen molar-refractivity contribution in [3.8, 4) is 17.3 Å². The highest BCUT2D eigenvalue weighted by molar-refractivity contribution is 9.10. The minimum atomic E-state index is -0.401. The van der Waals surface area contributed by atoms with Gasteiger partial charge in [0, 0.05) is 12.5 Å². The average molecular weight is 491 g/mol. The van der Waals surface area contributed by atoms with E-state index < -0.39 is 5.97 Å². The number of ether oxygens (including phenoxy) is 2. The number of nitrogens with zero attached hydrogens (tertiary/aromatic N) is 5. The molecule has 0 saturated heterocycles. The van der Waals surface area contributed by atoms with E-state index in [4.69, 9.17) is 14.7 Å². The molecule has 0 fully saturated rings. The summed E-state index contributed by atoms with van der Waals surface area (Å²) in [5.74, 6) is 0.139. The summed E-state index contributed by atoms with van der Waals surface area (Å²) in [4.78, 5) is 28.4. The molecule has 3 rings (SSSR count). The first-order chi connectivity index (χ1) is 14.8. The van der Waals surface area contributed by atoms with Gasteiger partial charge in [-0.3, -0.25) is 9.59 Å². The summed E-state index contributed by atoms with van der Waals surface area (Å²) in [6.07, 6.45) is 1.13. The molecule has 0 aliphatic carbocycles. The number of tetrazole rings is 1. The van der Waals surface area contributed by atoms with E-state index in [0.717, 1.165) is 6.21 Å². The van der Waals surface area contributed by atoms with E-state index >= 15 is 0 Å². The van der Waals surface area contributed by atoms with Gasteiger partial charge >= 0.3 is 5.97 Å². The molecule has 3 aromatic rings. The van der Waals surface area contributed by atoms with Crippen molar-refractivity contribution in [1.82, 2.24) is 25.2 Å². The minimum Gasteiger partial charge on any atom is -0.496 e. The van der Waals surface area contributed by atoms with Crippen molar-refractivity contribution in [3.05, 3.63) is 45.1 Å². The van der Waals surface area contributed by atoms with Gasteiger partial charge in [0.25, 0.3) is 0 Å². The molecule has 0 aliphatic heterocycles. The van der Waals surface area contributed by atoms with E-state index in [1.165, 1.54) is 18.8 Å².